The number of anilines is 1. The van der Waals surface area contributed by atoms with Crippen molar-refractivity contribution in [2.45, 2.75) is 77.5 Å². The van der Waals surface area contributed by atoms with Gasteiger partial charge in [-0.3, -0.25) is 9.47 Å². The van der Waals surface area contributed by atoms with E-state index < -0.39 is 29.0 Å². The summed E-state index contributed by atoms with van der Waals surface area (Å²) in [6.07, 6.45) is 1.99. The number of nitrogen functional groups attached to an aromatic ring is 1. The van der Waals surface area contributed by atoms with Gasteiger partial charge in [-0.1, -0.05) is 6.07 Å². The van der Waals surface area contributed by atoms with Crippen LogP contribution in [0.5, 0.6) is 5.75 Å². The number of aromatic nitrogens is 2. The van der Waals surface area contributed by atoms with Crippen LogP contribution in [0.15, 0.2) is 30.5 Å². The lowest BCUT2D eigenvalue weighted by Crippen LogP contribution is -2.53. The summed E-state index contributed by atoms with van der Waals surface area (Å²) >= 11 is 0. The lowest BCUT2D eigenvalue weighted by Gasteiger charge is -2.54. The van der Waals surface area contributed by atoms with Crippen molar-refractivity contribution in [1.29, 1.82) is 0 Å². The minimum Gasteiger partial charge on any atom is -0.496 e. The molecule has 0 radical (unpaired) electrons. The van der Waals surface area contributed by atoms with Crippen LogP contribution in [0, 0.1) is 12.3 Å². The smallest absolute Gasteiger partial charge is 0.419 e. The fourth-order valence-corrected chi connectivity index (χ4v) is 6.60. The van der Waals surface area contributed by atoms with Crippen molar-refractivity contribution in [2.75, 3.05) is 26.5 Å². The average Bonchev–Trinajstić information content (AvgIpc) is 3.35. The Morgan fingerprint density at radius 1 is 1.17 bits per heavy atom. The third-order valence-electron chi connectivity index (χ3n) is 8.38. The maximum atomic E-state index is 14.1. The molecule has 42 heavy (non-hydrogen) atoms. The van der Waals surface area contributed by atoms with Crippen molar-refractivity contribution in [3.63, 3.8) is 0 Å². The zero-order valence-electron chi connectivity index (χ0n) is 24.9. The molecule has 0 bridgehead atoms. The van der Waals surface area contributed by atoms with E-state index in [0.717, 1.165) is 16.5 Å². The maximum absolute atomic E-state index is 14.1. The van der Waals surface area contributed by atoms with Crippen molar-refractivity contribution >= 4 is 28.8 Å². The molecule has 2 fully saturated rings. The molecule has 1 aromatic carbocycles. The molecule has 2 aromatic heterocycles. The Bertz CT molecular complexity index is 1540. The molecule has 3 heterocycles. The van der Waals surface area contributed by atoms with Crippen molar-refractivity contribution in [2.24, 2.45) is 5.41 Å². The highest BCUT2D eigenvalue weighted by Crippen LogP contribution is 2.61. The van der Waals surface area contributed by atoms with Crippen LogP contribution in [0.2, 0.25) is 0 Å². The molecule has 3 aromatic rings. The van der Waals surface area contributed by atoms with Gasteiger partial charge < -0.3 is 19.9 Å². The van der Waals surface area contributed by atoms with E-state index in [-0.39, 0.29) is 30.4 Å². The third kappa shape index (κ3) is 5.54. The van der Waals surface area contributed by atoms with Crippen LogP contribution in [0.3, 0.4) is 0 Å². The number of pyridine rings is 1. The molecule has 1 spiro atoms. The summed E-state index contributed by atoms with van der Waals surface area (Å²) in [5, 5.41) is 0.832. The molecule has 1 unspecified atom stereocenters. The monoisotopic (exact) mass is 584 g/mol. The Morgan fingerprint density at radius 3 is 2.48 bits per heavy atom. The number of carbonyl (C=O) groups is 2. The first kappa shape index (κ1) is 29.8. The molecule has 9 nitrogen and oxygen atoms in total. The highest BCUT2D eigenvalue weighted by molar-refractivity contribution is 5.95. The fraction of sp³-hybridized carbons (Fsp3) is 0.516. The Balaban J connectivity index is 1.55. The number of carbonyl (C=O) groups excluding carboxylic acids is 2. The van der Waals surface area contributed by atoms with Crippen LogP contribution in [-0.2, 0) is 16.0 Å². The minimum absolute atomic E-state index is 0.0800. The standard InChI is InChI=1S/C31H38F2N4O5/c1-18-13-24(40-5)21(19-9-11-37(25(18)19)28(39)42-29(2,3)4)15-36-12-10-30(16-31(32,33)17-30)14-23(36)20-7-8-22(27(38)41-6)35-26(20)34/h7-9,11,13,23H,10,12,14-17H2,1-6H3,(H2,34,35). The predicted octanol–water partition coefficient (Wildman–Crippen LogP) is 6.26. The summed E-state index contributed by atoms with van der Waals surface area (Å²) in [5.74, 6) is -2.45. The quantitative estimate of drug-likeness (QED) is 0.350. The number of esters is 1. The Hall–Kier alpha value is -3.73. The Kier molecular flexibility index (Phi) is 7.45. The second-order valence-corrected chi connectivity index (χ2v) is 12.6. The first-order valence-electron chi connectivity index (χ1n) is 14.0. The number of benzene rings is 1. The van der Waals surface area contributed by atoms with Gasteiger partial charge in [0.2, 0.25) is 5.92 Å². The Labute approximate surface area is 243 Å². The van der Waals surface area contributed by atoms with Gasteiger partial charge in [0.1, 0.15) is 17.2 Å². The van der Waals surface area contributed by atoms with Gasteiger partial charge in [-0.05, 0) is 76.3 Å². The minimum atomic E-state index is -2.66. The molecular weight excluding hydrogens is 546 g/mol. The highest BCUT2D eigenvalue weighted by Gasteiger charge is 2.58. The lowest BCUT2D eigenvalue weighted by atomic mass is 9.59. The molecule has 0 amide bonds. The van der Waals surface area contributed by atoms with Crippen molar-refractivity contribution in [3.8, 4) is 5.75 Å². The van der Waals surface area contributed by atoms with E-state index in [1.165, 1.54) is 11.7 Å². The molecule has 1 aliphatic carbocycles. The van der Waals surface area contributed by atoms with Gasteiger partial charge in [0.05, 0.1) is 19.7 Å². The van der Waals surface area contributed by atoms with Crippen LogP contribution < -0.4 is 10.5 Å². The molecule has 1 saturated heterocycles. The second kappa shape index (κ2) is 10.5. The zero-order valence-corrected chi connectivity index (χ0v) is 24.9. The van der Waals surface area contributed by atoms with Crippen LogP contribution in [0.25, 0.3) is 10.9 Å². The topological polar surface area (TPSA) is 109 Å². The number of likely N-dealkylation sites (tertiary alicyclic amines) is 1. The number of nitrogens with two attached hydrogens (primary N) is 1. The molecule has 1 aliphatic heterocycles. The van der Waals surface area contributed by atoms with Gasteiger partial charge in [0.15, 0.2) is 5.69 Å². The van der Waals surface area contributed by atoms with Gasteiger partial charge in [-0.2, -0.15) is 0 Å². The molecule has 2 N–H and O–H groups in total. The van der Waals surface area contributed by atoms with E-state index in [4.69, 9.17) is 19.9 Å². The number of fused-ring (bicyclic) bond motifs is 1. The fourth-order valence-electron chi connectivity index (χ4n) is 6.60. The SMILES string of the molecule is COC(=O)c1ccc(C2CC3(CCN2Cc2c(OC)cc(C)c4c2ccn4C(=O)OC(C)(C)C)CC(F)(F)C3)c(N)n1. The second-order valence-electron chi connectivity index (χ2n) is 12.6. The number of rotatable bonds is 5. The average molecular weight is 585 g/mol. The first-order valence-corrected chi connectivity index (χ1v) is 14.0. The molecule has 5 rings (SSSR count). The number of methoxy groups -OCH3 is 2. The summed E-state index contributed by atoms with van der Waals surface area (Å²) < 4.78 is 46.0. The molecule has 1 saturated carbocycles. The number of hydrogen-bond acceptors (Lipinski definition) is 8. The number of halogens is 2. The first-order chi connectivity index (χ1) is 19.7. The van der Waals surface area contributed by atoms with Gasteiger partial charge >= 0.3 is 12.1 Å². The van der Waals surface area contributed by atoms with Gasteiger partial charge in [0, 0.05) is 48.1 Å². The van der Waals surface area contributed by atoms with Crippen LogP contribution in [0.4, 0.5) is 19.4 Å². The largest absolute Gasteiger partial charge is 0.496 e. The van der Waals surface area contributed by atoms with Crippen molar-refractivity contribution < 1.29 is 32.6 Å². The molecule has 11 heteroatoms. The lowest BCUT2D eigenvalue weighted by molar-refractivity contribution is -0.186. The number of nitrogens with zero attached hydrogens (tertiary/aromatic N) is 3. The van der Waals surface area contributed by atoms with E-state index in [1.807, 2.05) is 39.8 Å². The van der Waals surface area contributed by atoms with Gasteiger partial charge in [-0.25, -0.2) is 23.4 Å². The van der Waals surface area contributed by atoms with E-state index in [9.17, 15) is 18.4 Å². The maximum Gasteiger partial charge on any atom is 0.419 e. The van der Waals surface area contributed by atoms with Crippen LogP contribution >= 0.6 is 0 Å². The van der Waals surface area contributed by atoms with Gasteiger partial charge in [-0.15, -0.1) is 0 Å². The van der Waals surface area contributed by atoms with E-state index in [1.54, 1.807) is 25.4 Å². The molecule has 1 atom stereocenters. The van der Waals surface area contributed by atoms with Crippen LogP contribution in [-0.4, -0.2) is 58.8 Å². The van der Waals surface area contributed by atoms with Crippen molar-refractivity contribution in [3.05, 3.63) is 52.8 Å². The third-order valence-corrected chi connectivity index (χ3v) is 8.38. The number of piperidine rings is 1. The normalized spacial score (nSPS) is 19.9. The summed E-state index contributed by atoms with van der Waals surface area (Å²) in [6, 6.07) is 6.73. The summed E-state index contributed by atoms with van der Waals surface area (Å²) in [4.78, 5) is 31.6. The van der Waals surface area contributed by atoms with Crippen molar-refractivity contribution in [1.82, 2.24) is 14.5 Å². The van der Waals surface area contributed by atoms with E-state index in [0.29, 0.717) is 42.8 Å². The Morgan fingerprint density at radius 2 is 1.88 bits per heavy atom. The van der Waals surface area contributed by atoms with Crippen LogP contribution in [0.1, 0.15) is 79.7 Å². The zero-order chi connectivity index (χ0) is 30.6. The number of hydrogen-bond donors (Lipinski definition) is 1. The summed E-state index contributed by atoms with van der Waals surface area (Å²) in [5.41, 5.74) is 8.40. The highest BCUT2D eigenvalue weighted by atomic mass is 19.3. The number of ether oxygens (including phenoxy) is 3. The number of aryl methyl sites for hydroxylation is 1. The summed E-state index contributed by atoms with van der Waals surface area (Å²) in [6.45, 7) is 8.32. The number of alkyl halides is 2. The molecule has 226 valence electrons. The van der Waals surface area contributed by atoms with E-state index in [2.05, 4.69) is 9.88 Å². The van der Waals surface area contributed by atoms with E-state index >= 15 is 0 Å². The predicted molar refractivity (Wildman–Crippen MR) is 154 cm³/mol. The molecular formula is C31H38F2N4O5. The molecule has 2 aliphatic rings. The van der Waals surface area contributed by atoms with Gasteiger partial charge in [0.25, 0.3) is 0 Å². The summed E-state index contributed by atoms with van der Waals surface area (Å²) in [7, 11) is 2.87.